The van der Waals surface area contributed by atoms with Crippen molar-refractivity contribution < 1.29 is 9.86 Å². The molecular formula is C18H17ClN4O2. The molecule has 2 aromatic carbocycles. The van der Waals surface area contributed by atoms with Crippen LogP contribution in [0.4, 0.5) is 0 Å². The molecule has 0 bridgehead atoms. The number of rotatable bonds is 3. The molecule has 1 aromatic heterocycles. The quantitative estimate of drug-likeness (QED) is 0.537. The number of nitrogens with one attached hydrogen (secondary N) is 4. The zero-order valence-electron chi connectivity index (χ0n) is 13.3. The highest BCUT2D eigenvalue weighted by Gasteiger charge is 2.32. The zero-order chi connectivity index (χ0) is 17.4. The minimum Gasteiger partial charge on any atom is -0.632 e. The minimum atomic E-state index is -0.687. The Labute approximate surface area is 149 Å². The number of H-pyrrole nitrogens is 1. The van der Waals surface area contributed by atoms with Crippen molar-refractivity contribution in [3.63, 3.8) is 0 Å². The van der Waals surface area contributed by atoms with Gasteiger partial charge in [-0.3, -0.25) is 10.1 Å². The molecule has 1 amide bonds. The van der Waals surface area contributed by atoms with Gasteiger partial charge in [0, 0.05) is 15.9 Å². The fourth-order valence-electron chi connectivity index (χ4n) is 3.13. The first kappa shape index (κ1) is 16.1. The third-order valence-electron chi connectivity index (χ3n) is 4.40. The molecule has 0 aliphatic carbocycles. The standard InChI is InChI=1S/C18H17ClN4O2/c19-13-6-7-14-12(8-13)9-15(20-14)17(24)22-18-21-16(10-23(18)25)11-4-2-1-3-5-11/h1-9,16,18,20-21,23H,10H2,(H,22,24). The zero-order valence-corrected chi connectivity index (χ0v) is 14.0. The monoisotopic (exact) mass is 356 g/mol. The van der Waals surface area contributed by atoms with Crippen LogP contribution in [0.15, 0.2) is 54.6 Å². The summed E-state index contributed by atoms with van der Waals surface area (Å²) in [5.74, 6) is -0.327. The van der Waals surface area contributed by atoms with Crippen LogP contribution in [0, 0.1) is 5.21 Å². The van der Waals surface area contributed by atoms with E-state index in [4.69, 9.17) is 11.6 Å². The van der Waals surface area contributed by atoms with Gasteiger partial charge in [-0.15, -0.1) is 0 Å². The van der Waals surface area contributed by atoms with Gasteiger partial charge in [-0.05, 0) is 29.8 Å². The van der Waals surface area contributed by atoms with Gasteiger partial charge in [0.1, 0.15) is 5.69 Å². The van der Waals surface area contributed by atoms with Crippen molar-refractivity contribution in [2.45, 2.75) is 12.3 Å². The number of fused-ring (bicyclic) bond motifs is 1. The molecule has 4 rings (SSSR count). The number of quaternary nitrogens is 1. The van der Waals surface area contributed by atoms with E-state index in [9.17, 15) is 10.0 Å². The largest absolute Gasteiger partial charge is 0.632 e. The van der Waals surface area contributed by atoms with Crippen molar-refractivity contribution in [1.82, 2.24) is 15.6 Å². The maximum absolute atomic E-state index is 12.5. The molecule has 6 nitrogen and oxygen atoms in total. The minimum absolute atomic E-state index is 0.0265. The molecule has 3 atom stereocenters. The number of halogens is 1. The Hall–Kier alpha value is -2.38. The number of hydrogen-bond donors (Lipinski definition) is 4. The molecular weight excluding hydrogens is 340 g/mol. The van der Waals surface area contributed by atoms with Crippen LogP contribution in [0.3, 0.4) is 0 Å². The van der Waals surface area contributed by atoms with Crippen LogP contribution in [0.1, 0.15) is 22.1 Å². The average Bonchev–Trinajstić information content (AvgIpc) is 3.19. The first-order valence-electron chi connectivity index (χ1n) is 8.03. The van der Waals surface area contributed by atoms with Gasteiger partial charge in [-0.2, -0.15) is 0 Å². The van der Waals surface area contributed by atoms with Gasteiger partial charge in [0.25, 0.3) is 5.91 Å². The van der Waals surface area contributed by atoms with Gasteiger partial charge < -0.3 is 15.3 Å². The Morgan fingerprint density at radius 1 is 1.20 bits per heavy atom. The van der Waals surface area contributed by atoms with Crippen LogP contribution in [-0.2, 0) is 0 Å². The highest BCUT2D eigenvalue weighted by molar-refractivity contribution is 6.31. The highest BCUT2D eigenvalue weighted by Crippen LogP contribution is 2.20. The van der Waals surface area contributed by atoms with Crippen molar-refractivity contribution in [2.75, 3.05) is 6.54 Å². The SMILES string of the molecule is O=C(NC1NC(c2ccccc2)C[NH+]1[O-])c1cc2cc(Cl)ccc2[nH]1. The highest BCUT2D eigenvalue weighted by atomic mass is 35.5. The third kappa shape index (κ3) is 3.25. The van der Waals surface area contributed by atoms with E-state index < -0.39 is 6.29 Å². The van der Waals surface area contributed by atoms with Gasteiger partial charge in [0.15, 0.2) is 0 Å². The summed E-state index contributed by atoms with van der Waals surface area (Å²) in [5, 5.41) is 19.6. The van der Waals surface area contributed by atoms with Gasteiger partial charge in [0.2, 0.25) is 6.29 Å². The predicted octanol–water partition coefficient (Wildman–Crippen LogP) is 1.56. The van der Waals surface area contributed by atoms with Crippen LogP contribution in [-0.4, -0.2) is 23.7 Å². The third-order valence-corrected chi connectivity index (χ3v) is 4.64. The summed E-state index contributed by atoms with van der Waals surface area (Å²) in [6.45, 7) is 0.358. The normalized spacial score (nSPS) is 23.0. The molecule has 0 radical (unpaired) electrons. The number of amides is 1. The Balaban J connectivity index is 1.48. The lowest BCUT2D eigenvalue weighted by Gasteiger charge is -2.23. The molecule has 0 spiro atoms. The Morgan fingerprint density at radius 2 is 2.00 bits per heavy atom. The van der Waals surface area contributed by atoms with Crippen LogP contribution in [0.5, 0.6) is 0 Å². The summed E-state index contributed by atoms with van der Waals surface area (Å²) in [7, 11) is 0. The molecule has 1 aliphatic heterocycles. The van der Waals surface area contributed by atoms with Gasteiger partial charge >= 0.3 is 0 Å². The lowest BCUT2D eigenvalue weighted by molar-refractivity contribution is -0.865. The summed E-state index contributed by atoms with van der Waals surface area (Å²) < 4.78 is 0. The number of carbonyl (C=O) groups is 1. The number of aromatic nitrogens is 1. The van der Waals surface area contributed by atoms with Crippen LogP contribution < -0.4 is 15.7 Å². The van der Waals surface area contributed by atoms with E-state index in [0.717, 1.165) is 16.5 Å². The van der Waals surface area contributed by atoms with Crippen LogP contribution in [0.2, 0.25) is 5.02 Å². The summed E-state index contributed by atoms with van der Waals surface area (Å²) >= 11 is 5.97. The Kier molecular flexibility index (Phi) is 4.19. The van der Waals surface area contributed by atoms with E-state index in [-0.39, 0.29) is 17.0 Å². The van der Waals surface area contributed by atoms with Crippen LogP contribution in [0.25, 0.3) is 10.9 Å². The van der Waals surface area contributed by atoms with Gasteiger partial charge in [-0.1, -0.05) is 41.9 Å². The van der Waals surface area contributed by atoms with E-state index >= 15 is 0 Å². The second kappa shape index (κ2) is 6.50. The summed E-state index contributed by atoms with van der Waals surface area (Å²) in [6, 6.07) is 16.7. The van der Waals surface area contributed by atoms with Gasteiger partial charge in [0.05, 0.1) is 12.6 Å². The molecule has 1 aliphatic rings. The topological polar surface area (TPSA) is 84.4 Å². The van der Waals surface area contributed by atoms with E-state index in [0.29, 0.717) is 17.3 Å². The number of carbonyl (C=O) groups excluding carboxylic acids is 1. The lowest BCUT2D eigenvalue weighted by atomic mass is 10.1. The lowest BCUT2D eigenvalue weighted by Crippen LogP contribution is -3.12. The van der Waals surface area contributed by atoms with E-state index in [1.807, 2.05) is 36.4 Å². The van der Waals surface area contributed by atoms with Crippen molar-refractivity contribution >= 4 is 28.4 Å². The van der Waals surface area contributed by atoms with Crippen LogP contribution >= 0.6 is 11.6 Å². The molecule has 1 fully saturated rings. The fourth-order valence-corrected chi connectivity index (χ4v) is 3.31. The summed E-state index contributed by atoms with van der Waals surface area (Å²) in [4.78, 5) is 15.5. The summed E-state index contributed by atoms with van der Waals surface area (Å²) in [5.41, 5.74) is 2.25. The molecule has 7 heteroatoms. The Bertz CT molecular complexity index is 912. The fraction of sp³-hybridized carbons (Fsp3) is 0.167. The summed E-state index contributed by atoms with van der Waals surface area (Å²) in [6.07, 6.45) is -0.687. The first-order valence-corrected chi connectivity index (χ1v) is 8.41. The molecule has 0 saturated carbocycles. The van der Waals surface area contributed by atoms with Crippen molar-refractivity contribution in [1.29, 1.82) is 0 Å². The van der Waals surface area contributed by atoms with E-state index in [2.05, 4.69) is 15.6 Å². The van der Waals surface area contributed by atoms with Gasteiger partial charge in [-0.25, -0.2) is 5.32 Å². The molecule has 3 aromatic rings. The second-order valence-corrected chi connectivity index (χ2v) is 6.56. The van der Waals surface area contributed by atoms with E-state index in [1.165, 1.54) is 0 Å². The van der Waals surface area contributed by atoms with Crippen molar-refractivity contribution in [2.24, 2.45) is 0 Å². The molecule has 2 heterocycles. The average molecular weight is 357 g/mol. The maximum atomic E-state index is 12.5. The number of hydroxylamine groups is 2. The Morgan fingerprint density at radius 3 is 2.80 bits per heavy atom. The first-order chi connectivity index (χ1) is 12.1. The number of hydrogen-bond acceptors (Lipinski definition) is 3. The predicted molar refractivity (Wildman–Crippen MR) is 96.1 cm³/mol. The number of benzene rings is 2. The maximum Gasteiger partial charge on any atom is 0.273 e. The second-order valence-electron chi connectivity index (χ2n) is 6.12. The molecule has 128 valence electrons. The smallest absolute Gasteiger partial charge is 0.273 e. The molecule has 3 unspecified atom stereocenters. The van der Waals surface area contributed by atoms with E-state index in [1.54, 1.807) is 18.2 Å². The van der Waals surface area contributed by atoms with Crippen molar-refractivity contribution in [3.8, 4) is 0 Å². The van der Waals surface area contributed by atoms with Crippen molar-refractivity contribution in [3.05, 3.63) is 76.1 Å². The molecule has 25 heavy (non-hydrogen) atoms. The number of aromatic amines is 1. The molecule has 1 saturated heterocycles. The molecule has 4 N–H and O–H groups in total.